The fourth-order valence-electron chi connectivity index (χ4n) is 3.34. The van der Waals surface area contributed by atoms with Crippen molar-refractivity contribution < 1.29 is 14.3 Å². The molecule has 4 nitrogen and oxygen atoms in total. The number of anilines is 1. The molecule has 1 amide bonds. The van der Waals surface area contributed by atoms with Gasteiger partial charge in [-0.1, -0.05) is 58.9 Å². The van der Waals surface area contributed by atoms with Gasteiger partial charge >= 0.3 is 0 Å². The quantitative estimate of drug-likeness (QED) is 0.542. The lowest BCUT2D eigenvalue weighted by molar-refractivity contribution is -0.141. The van der Waals surface area contributed by atoms with Crippen molar-refractivity contribution in [2.45, 2.75) is 60.0 Å². The van der Waals surface area contributed by atoms with Gasteiger partial charge in [-0.25, -0.2) is 0 Å². The van der Waals surface area contributed by atoms with Gasteiger partial charge in [-0.2, -0.15) is 0 Å². The minimum absolute atomic E-state index is 0.101. The summed E-state index contributed by atoms with van der Waals surface area (Å²) in [6.07, 6.45) is 1.55. The van der Waals surface area contributed by atoms with E-state index in [4.69, 9.17) is 9.47 Å². The Morgan fingerprint density at radius 3 is 2.32 bits per heavy atom. The van der Waals surface area contributed by atoms with E-state index < -0.39 is 5.60 Å². The number of fused-ring (bicyclic) bond motifs is 1. The molecule has 0 aromatic heterocycles. The third kappa shape index (κ3) is 5.71. The van der Waals surface area contributed by atoms with Crippen LogP contribution in [0.4, 0.5) is 5.69 Å². The van der Waals surface area contributed by atoms with Crippen LogP contribution >= 0.6 is 0 Å². The van der Waals surface area contributed by atoms with Crippen molar-refractivity contribution in [1.29, 1.82) is 0 Å². The topological polar surface area (TPSA) is 47.6 Å². The highest BCUT2D eigenvalue weighted by molar-refractivity contribution is 6.06. The number of ether oxygens (including phenoxy) is 2. The average molecular weight is 386 g/mol. The van der Waals surface area contributed by atoms with Crippen molar-refractivity contribution in [3.63, 3.8) is 0 Å². The highest BCUT2D eigenvalue weighted by Crippen LogP contribution is 2.33. The Hall–Kier alpha value is -2.07. The Labute approximate surface area is 169 Å². The number of amides is 1. The van der Waals surface area contributed by atoms with Gasteiger partial charge < -0.3 is 14.8 Å². The van der Waals surface area contributed by atoms with Crippen LogP contribution in [0.3, 0.4) is 0 Å². The average Bonchev–Trinajstić information content (AvgIpc) is 2.65. The van der Waals surface area contributed by atoms with Gasteiger partial charge in [0.05, 0.1) is 6.61 Å². The number of rotatable bonds is 10. The van der Waals surface area contributed by atoms with Crippen molar-refractivity contribution >= 4 is 22.4 Å². The maximum Gasteiger partial charge on any atom is 0.256 e. The Balaban J connectivity index is 2.31. The number of hydrogen-bond acceptors (Lipinski definition) is 3. The zero-order chi connectivity index (χ0) is 20.7. The van der Waals surface area contributed by atoms with E-state index in [1.807, 2.05) is 43.3 Å². The van der Waals surface area contributed by atoms with Gasteiger partial charge in [0, 0.05) is 23.1 Å². The van der Waals surface area contributed by atoms with Crippen LogP contribution in [0.2, 0.25) is 0 Å². The van der Waals surface area contributed by atoms with Crippen molar-refractivity contribution in [1.82, 2.24) is 0 Å². The van der Waals surface area contributed by atoms with Crippen LogP contribution in [-0.4, -0.2) is 24.7 Å². The van der Waals surface area contributed by atoms with Crippen LogP contribution in [0.25, 0.3) is 10.8 Å². The number of nitrogens with one attached hydrogen (secondary N) is 1. The molecule has 4 heteroatoms. The molecule has 0 aliphatic carbocycles. The van der Waals surface area contributed by atoms with E-state index in [9.17, 15) is 4.79 Å². The Kier molecular flexibility index (Phi) is 7.88. The molecule has 0 aliphatic rings. The van der Waals surface area contributed by atoms with E-state index in [1.54, 1.807) is 0 Å². The van der Waals surface area contributed by atoms with E-state index in [2.05, 4.69) is 39.9 Å². The largest absolute Gasteiger partial charge is 0.493 e. The predicted octanol–water partition coefficient (Wildman–Crippen LogP) is 6.04. The predicted molar refractivity (Wildman–Crippen MR) is 117 cm³/mol. The number of benzene rings is 2. The first-order valence-corrected chi connectivity index (χ1v) is 10.4. The van der Waals surface area contributed by atoms with E-state index in [0.717, 1.165) is 28.6 Å². The molecule has 0 spiro atoms. The molecule has 0 aliphatic heterocycles. The van der Waals surface area contributed by atoms with E-state index in [-0.39, 0.29) is 5.91 Å². The molecule has 0 heterocycles. The van der Waals surface area contributed by atoms with Crippen molar-refractivity contribution in [2.24, 2.45) is 11.8 Å². The molecular formula is C24H35NO3. The summed E-state index contributed by atoms with van der Waals surface area (Å²) >= 11 is 0. The van der Waals surface area contributed by atoms with Crippen LogP contribution in [0.15, 0.2) is 36.4 Å². The van der Waals surface area contributed by atoms with Crippen LogP contribution in [-0.2, 0) is 9.53 Å². The zero-order valence-corrected chi connectivity index (χ0v) is 18.2. The molecule has 0 radical (unpaired) electrons. The van der Waals surface area contributed by atoms with E-state index in [0.29, 0.717) is 31.5 Å². The minimum Gasteiger partial charge on any atom is -0.493 e. The minimum atomic E-state index is -0.849. The highest BCUT2D eigenvalue weighted by Gasteiger charge is 2.35. The fraction of sp³-hybridized carbons (Fsp3) is 0.542. The van der Waals surface area contributed by atoms with E-state index >= 15 is 0 Å². The SMILES string of the molecule is CCCOC(C)(CC(C)C)C(=O)Nc1ccc(OCC(C)C)c2ccccc12. The van der Waals surface area contributed by atoms with Gasteiger partial charge in [-0.3, -0.25) is 4.79 Å². The molecule has 0 saturated heterocycles. The molecule has 0 saturated carbocycles. The standard InChI is InChI=1S/C24H35NO3/c1-7-14-28-24(6,15-17(2)3)23(26)25-21-12-13-22(27-16-18(4)5)20-11-9-8-10-19(20)21/h8-13,17-18H,7,14-16H2,1-6H3,(H,25,26). The van der Waals surface area contributed by atoms with Gasteiger partial charge in [-0.15, -0.1) is 0 Å². The molecule has 1 N–H and O–H groups in total. The van der Waals surface area contributed by atoms with Gasteiger partial charge in [-0.05, 0) is 43.7 Å². The fourth-order valence-corrected chi connectivity index (χ4v) is 3.34. The molecular weight excluding hydrogens is 350 g/mol. The Morgan fingerprint density at radius 1 is 1.04 bits per heavy atom. The lowest BCUT2D eigenvalue weighted by atomic mass is 9.92. The zero-order valence-electron chi connectivity index (χ0n) is 18.2. The van der Waals surface area contributed by atoms with Gasteiger partial charge in [0.25, 0.3) is 5.91 Å². The number of carbonyl (C=O) groups excluding carboxylic acids is 1. The molecule has 2 rings (SSSR count). The molecule has 2 aromatic carbocycles. The first kappa shape index (κ1) is 22.2. The van der Waals surface area contributed by atoms with Gasteiger partial charge in [0.1, 0.15) is 11.4 Å². The summed E-state index contributed by atoms with van der Waals surface area (Å²) in [6.45, 7) is 13.6. The third-order valence-electron chi connectivity index (χ3n) is 4.61. The van der Waals surface area contributed by atoms with Gasteiger partial charge in [0.15, 0.2) is 0 Å². The molecule has 154 valence electrons. The van der Waals surface area contributed by atoms with E-state index in [1.165, 1.54) is 0 Å². The molecule has 1 unspecified atom stereocenters. The van der Waals surface area contributed by atoms with Crippen molar-refractivity contribution in [3.8, 4) is 5.75 Å². The van der Waals surface area contributed by atoms with Crippen LogP contribution in [0.5, 0.6) is 5.75 Å². The van der Waals surface area contributed by atoms with Crippen LogP contribution in [0, 0.1) is 11.8 Å². The molecule has 2 aromatic rings. The van der Waals surface area contributed by atoms with Crippen molar-refractivity contribution in [3.05, 3.63) is 36.4 Å². The molecule has 1 atom stereocenters. The number of carbonyl (C=O) groups is 1. The second-order valence-corrected chi connectivity index (χ2v) is 8.49. The third-order valence-corrected chi connectivity index (χ3v) is 4.61. The lowest BCUT2D eigenvalue weighted by Crippen LogP contribution is -2.44. The summed E-state index contributed by atoms with van der Waals surface area (Å²) in [4.78, 5) is 13.2. The van der Waals surface area contributed by atoms with Gasteiger partial charge in [0.2, 0.25) is 0 Å². The monoisotopic (exact) mass is 385 g/mol. The maximum absolute atomic E-state index is 13.2. The highest BCUT2D eigenvalue weighted by atomic mass is 16.5. The van der Waals surface area contributed by atoms with Crippen LogP contribution in [0.1, 0.15) is 54.4 Å². The summed E-state index contributed by atoms with van der Waals surface area (Å²) in [6, 6.07) is 11.9. The first-order valence-electron chi connectivity index (χ1n) is 10.4. The second-order valence-electron chi connectivity index (χ2n) is 8.49. The summed E-state index contributed by atoms with van der Waals surface area (Å²) < 4.78 is 12.0. The Bertz CT molecular complexity index is 785. The number of hydrogen-bond donors (Lipinski definition) is 1. The first-order chi connectivity index (χ1) is 13.3. The smallest absolute Gasteiger partial charge is 0.256 e. The molecule has 0 fully saturated rings. The Morgan fingerprint density at radius 2 is 1.71 bits per heavy atom. The van der Waals surface area contributed by atoms with Crippen LogP contribution < -0.4 is 10.1 Å². The normalized spacial score (nSPS) is 13.7. The van der Waals surface area contributed by atoms with Crippen molar-refractivity contribution in [2.75, 3.05) is 18.5 Å². The second kappa shape index (κ2) is 9.92. The maximum atomic E-state index is 13.2. The summed E-state index contributed by atoms with van der Waals surface area (Å²) in [5.41, 5.74) is -0.0643. The molecule has 28 heavy (non-hydrogen) atoms. The molecule has 0 bridgehead atoms. The summed E-state index contributed by atoms with van der Waals surface area (Å²) in [5.74, 6) is 1.55. The summed E-state index contributed by atoms with van der Waals surface area (Å²) in [7, 11) is 0. The summed E-state index contributed by atoms with van der Waals surface area (Å²) in [5, 5.41) is 5.09. The lowest BCUT2D eigenvalue weighted by Gasteiger charge is -2.30.